The first-order valence-corrected chi connectivity index (χ1v) is 9.36. The third-order valence-corrected chi connectivity index (χ3v) is 5.20. The first-order chi connectivity index (χ1) is 11.2. The minimum absolute atomic E-state index is 0.311. The molecule has 0 aliphatic heterocycles. The van der Waals surface area contributed by atoms with Crippen LogP contribution in [0, 0.1) is 0 Å². The zero-order valence-electron chi connectivity index (χ0n) is 12.3. The van der Waals surface area contributed by atoms with Crippen LogP contribution in [0.3, 0.4) is 0 Å². The summed E-state index contributed by atoms with van der Waals surface area (Å²) in [6.07, 6.45) is 1.63. The molecule has 0 aliphatic carbocycles. The molecular formula is C16H11F3O3S2. The van der Waals surface area contributed by atoms with Gasteiger partial charge in [0, 0.05) is 0 Å². The fraction of sp³-hybridized carbons (Fsp3) is 0.125. The molecule has 0 saturated heterocycles. The molecule has 0 unspecified atom stereocenters. The summed E-state index contributed by atoms with van der Waals surface area (Å²) in [5.74, 6) is -0.331. The van der Waals surface area contributed by atoms with E-state index in [-0.39, 0.29) is 5.75 Å². The fourth-order valence-corrected chi connectivity index (χ4v) is 3.41. The van der Waals surface area contributed by atoms with Crippen LogP contribution in [0.1, 0.15) is 0 Å². The van der Waals surface area contributed by atoms with Crippen molar-refractivity contribution in [1.82, 2.24) is 0 Å². The van der Waals surface area contributed by atoms with E-state index < -0.39 is 15.6 Å². The van der Waals surface area contributed by atoms with Gasteiger partial charge in [-0.05, 0) is 52.1 Å². The van der Waals surface area contributed by atoms with Crippen LogP contribution in [0.15, 0.2) is 53.4 Å². The molecule has 0 aromatic heterocycles. The summed E-state index contributed by atoms with van der Waals surface area (Å²) in [5, 5.41) is 3.26. The maximum Gasteiger partial charge on any atom is 0.534 e. The Morgan fingerprint density at radius 3 is 1.96 bits per heavy atom. The monoisotopic (exact) mass is 372 g/mol. The topological polar surface area (TPSA) is 43.4 Å². The SMILES string of the molecule is CSc1cc2cc3ccccc3cc2cc1OS(=O)(=O)C(F)(F)F. The Hall–Kier alpha value is -1.93. The highest BCUT2D eigenvalue weighted by Crippen LogP contribution is 2.37. The fourth-order valence-electron chi connectivity index (χ4n) is 2.34. The van der Waals surface area contributed by atoms with Crippen LogP contribution in [0.4, 0.5) is 13.2 Å². The number of hydrogen-bond acceptors (Lipinski definition) is 4. The molecule has 0 radical (unpaired) electrons. The number of thioether (sulfide) groups is 1. The summed E-state index contributed by atoms with van der Waals surface area (Å²) in [7, 11) is -5.71. The van der Waals surface area contributed by atoms with Gasteiger partial charge in [0.15, 0.2) is 5.75 Å². The van der Waals surface area contributed by atoms with E-state index in [1.807, 2.05) is 30.3 Å². The lowest BCUT2D eigenvalue weighted by Crippen LogP contribution is -2.28. The maximum atomic E-state index is 12.6. The Kier molecular flexibility index (Phi) is 4.13. The number of rotatable bonds is 3. The summed E-state index contributed by atoms with van der Waals surface area (Å²) in [4.78, 5) is 0.311. The minimum Gasteiger partial charge on any atom is -0.375 e. The van der Waals surface area contributed by atoms with Crippen molar-refractivity contribution in [3.63, 3.8) is 0 Å². The number of benzene rings is 3. The smallest absolute Gasteiger partial charge is 0.375 e. The lowest BCUT2D eigenvalue weighted by atomic mass is 10.0. The number of fused-ring (bicyclic) bond motifs is 2. The van der Waals surface area contributed by atoms with E-state index in [1.54, 1.807) is 18.4 Å². The number of alkyl halides is 3. The first-order valence-electron chi connectivity index (χ1n) is 6.72. The summed E-state index contributed by atoms with van der Waals surface area (Å²) in [6.45, 7) is 0. The highest BCUT2D eigenvalue weighted by molar-refractivity contribution is 7.98. The Labute approximate surface area is 140 Å². The molecular weight excluding hydrogens is 361 g/mol. The maximum absolute atomic E-state index is 12.6. The Balaban J connectivity index is 2.19. The third-order valence-electron chi connectivity index (χ3n) is 3.47. The van der Waals surface area contributed by atoms with Gasteiger partial charge in [0.25, 0.3) is 0 Å². The van der Waals surface area contributed by atoms with Crippen LogP contribution in [0.2, 0.25) is 0 Å². The quantitative estimate of drug-likeness (QED) is 0.283. The average molecular weight is 372 g/mol. The van der Waals surface area contributed by atoms with Gasteiger partial charge in [0.05, 0.1) is 4.90 Å². The van der Waals surface area contributed by atoms with Crippen LogP contribution in [0.25, 0.3) is 21.5 Å². The molecule has 0 fully saturated rings. The normalized spacial score (nSPS) is 12.7. The van der Waals surface area contributed by atoms with Gasteiger partial charge < -0.3 is 4.18 Å². The van der Waals surface area contributed by atoms with Crippen LogP contribution in [-0.4, -0.2) is 20.2 Å². The zero-order chi connectivity index (χ0) is 17.5. The summed E-state index contributed by atoms with van der Waals surface area (Å²) < 4.78 is 64.6. The molecule has 0 atom stereocenters. The van der Waals surface area contributed by atoms with Crippen LogP contribution in [0.5, 0.6) is 5.75 Å². The summed E-state index contributed by atoms with van der Waals surface area (Å²) in [6, 6.07) is 14.1. The highest BCUT2D eigenvalue weighted by atomic mass is 32.2. The molecule has 24 heavy (non-hydrogen) atoms. The lowest BCUT2D eigenvalue weighted by Gasteiger charge is -2.13. The van der Waals surface area contributed by atoms with E-state index in [0.29, 0.717) is 10.3 Å². The molecule has 0 heterocycles. The van der Waals surface area contributed by atoms with Gasteiger partial charge in [0.2, 0.25) is 0 Å². The summed E-state index contributed by atoms with van der Waals surface area (Å²) >= 11 is 1.11. The van der Waals surface area contributed by atoms with Crippen molar-refractivity contribution in [2.75, 3.05) is 6.26 Å². The Bertz CT molecular complexity index is 1030. The molecule has 3 rings (SSSR count). The molecule has 8 heteroatoms. The molecule has 3 nitrogen and oxygen atoms in total. The molecule has 0 bridgehead atoms. The number of hydrogen-bond donors (Lipinski definition) is 0. The highest BCUT2D eigenvalue weighted by Gasteiger charge is 2.48. The molecule has 0 N–H and O–H groups in total. The molecule has 0 amide bonds. The second-order valence-corrected chi connectivity index (χ2v) is 7.42. The van der Waals surface area contributed by atoms with Gasteiger partial charge in [-0.2, -0.15) is 21.6 Å². The van der Waals surface area contributed by atoms with E-state index in [9.17, 15) is 21.6 Å². The van der Waals surface area contributed by atoms with E-state index in [2.05, 4.69) is 4.18 Å². The molecule has 3 aromatic carbocycles. The molecule has 3 aromatic rings. The van der Waals surface area contributed by atoms with Crippen molar-refractivity contribution in [2.24, 2.45) is 0 Å². The zero-order valence-corrected chi connectivity index (χ0v) is 13.9. The van der Waals surface area contributed by atoms with Crippen molar-refractivity contribution in [3.8, 4) is 5.75 Å². The minimum atomic E-state index is -5.71. The first kappa shape index (κ1) is 16.9. The van der Waals surface area contributed by atoms with Crippen molar-refractivity contribution in [2.45, 2.75) is 10.4 Å². The summed E-state index contributed by atoms with van der Waals surface area (Å²) in [5.41, 5.74) is -5.47. The van der Waals surface area contributed by atoms with E-state index in [0.717, 1.165) is 27.9 Å². The Morgan fingerprint density at radius 2 is 1.46 bits per heavy atom. The van der Waals surface area contributed by atoms with Gasteiger partial charge in [-0.1, -0.05) is 24.3 Å². The molecule has 0 spiro atoms. The van der Waals surface area contributed by atoms with Gasteiger partial charge in [-0.3, -0.25) is 0 Å². The van der Waals surface area contributed by atoms with Crippen LogP contribution >= 0.6 is 11.8 Å². The third kappa shape index (κ3) is 3.03. The molecule has 126 valence electrons. The average Bonchev–Trinajstić information content (AvgIpc) is 2.51. The van der Waals surface area contributed by atoms with Crippen molar-refractivity contribution >= 4 is 43.4 Å². The van der Waals surface area contributed by atoms with Gasteiger partial charge >= 0.3 is 15.6 Å². The second-order valence-electron chi connectivity index (χ2n) is 5.03. The van der Waals surface area contributed by atoms with Crippen LogP contribution < -0.4 is 4.18 Å². The van der Waals surface area contributed by atoms with Crippen molar-refractivity contribution in [1.29, 1.82) is 0 Å². The van der Waals surface area contributed by atoms with Crippen molar-refractivity contribution < 1.29 is 25.8 Å². The van der Waals surface area contributed by atoms with E-state index in [1.165, 1.54) is 6.07 Å². The number of halogens is 3. The second kappa shape index (κ2) is 5.86. The van der Waals surface area contributed by atoms with Crippen LogP contribution in [-0.2, 0) is 10.1 Å². The van der Waals surface area contributed by atoms with E-state index in [4.69, 9.17) is 0 Å². The molecule has 0 aliphatic rings. The van der Waals surface area contributed by atoms with E-state index >= 15 is 0 Å². The van der Waals surface area contributed by atoms with Crippen molar-refractivity contribution in [3.05, 3.63) is 48.5 Å². The molecule has 0 saturated carbocycles. The largest absolute Gasteiger partial charge is 0.534 e. The Morgan fingerprint density at radius 1 is 0.917 bits per heavy atom. The standard InChI is InChI=1S/C16H11F3O3S2/c1-23-15-9-13-7-11-5-3-2-4-10(11)6-12(13)8-14(15)22-24(20,21)16(17,18)19/h2-9H,1H3. The van der Waals surface area contributed by atoms with Gasteiger partial charge in [0.1, 0.15) is 0 Å². The lowest BCUT2D eigenvalue weighted by molar-refractivity contribution is -0.0500. The predicted molar refractivity (Wildman–Crippen MR) is 88.8 cm³/mol. The van der Waals surface area contributed by atoms with Gasteiger partial charge in [-0.25, -0.2) is 0 Å². The predicted octanol–water partition coefficient (Wildman–Crippen LogP) is 4.94. The van der Waals surface area contributed by atoms with Gasteiger partial charge in [-0.15, -0.1) is 11.8 Å².